The van der Waals surface area contributed by atoms with Crippen molar-refractivity contribution in [3.8, 4) is 0 Å². The molecule has 1 N–H and O–H groups in total. The summed E-state index contributed by atoms with van der Waals surface area (Å²) in [5.74, 6) is 0. The number of halogens is 3. The molecule has 2 aromatic carbocycles. The maximum Gasteiger partial charge on any atom is 0.411 e. The van der Waals surface area contributed by atoms with Crippen molar-refractivity contribution in [2.24, 2.45) is 0 Å². The highest BCUT2D eigenvalue weighted by Gasteiger charge is 2.30. The van der Waals surface area contributed by atoms with E-state index in [1.54, 1.807) is 29.2 Å². The van der Waals surface area contributed by atoms with Crippen LogP contribution in [0.1, 0.15) is 23.6 Å². The molecule has 0 saturated heterocycles. The zero-order chi connectivity index (χ0) is 19.4. The van der Waals surface area contributed by atoms with Crippen LogP contribution in [-0.4, -0.2) is 24.9 Å². The average molecular weight is 378 g/mol. The fraction of sp³-hybridized carbons (Fsp3) is 0.350. The van der Waals surface area contributed by atoms with Crippen molar-refractivity contribution in [1.29, 1.82) is 0 Å². The van der Waals surface area contributed by atoms with E-state index < -0.39 is 12.8 Å². The normalized spacial score (nSPS) is 16.3. The van der Waals surface area contributed by atoms with Crippen LogP contribution in [0.2, 0.25) is 0 Å². The lowest BCUT2D eigenvalue weighted by Gasteiger charge is -2.23. The van der Waals surface area contributed by atoms with Crippen LogP contribution in [0.15, 0.2) is 48.5 Å². The van der Waals surface area contributed by atoms with Gasteiger partial charge in [-0.15, -0.1) is 0 Å². The number of para-hydroxylation sites is 1. The van der Waals surface area contributed by atoms with Gasteiger partial charge in [-0.25, -0.2) is 4.79 Å². The van der Waals surface area contributed by atoms with Crippen LogP contribution in [0.3, 0.4) is 0 Å². The van der Waals surface area contributed by atoms with Gasteiger partial charge in [0.1, 0.15) is 6.61 Å². The van der Waals surface area contributed by atoms with Gasteiger partial charge in [-0.1, -0.05) is 42.5 Å². The second kappa shape index (κ2) is 8.00. The Kier molecular flexibility index (Phi) is 5.70. The van der Waals surface area contributed by atoms with Gasteiger partial charge in [-0.05, 0) is 36.1 Å². The van der Waals surface area contributed by atoms with Gasteiger partial charge in [0.25, 0.3) is 0 Å². The summed E-state index contributed by atoms with van der Waals surface area (Å²) in [6.45, 7) is 0.984. The topological polar surface area (TPSA) is 41.6 Å². The number of nitrogens with zero attached hydrogens (tertiary/aromatic N) is 1. The van der Waals surface area contributed by atoms with Gasteiger partial charge in [0.15, 0.2) is 0 Å². The third-order valence-corrected chi connectivity index (χ3v) is 4.43. The first-order valence-electron chi connectivity index (χ1n) is 8.71. The molecule has 2 aromatic rings. The van der Waals surface area contributed by atoms with Crippen LogP contribution in [0.4, 0.5) is 23.7 Å². The number of urea groups is 1. The number of hydrogen-bond donors (Lipinski definition) is 1. The molecule has 1 unspecified atom stereocenters. The Morgan fingerprint density at radius 2 is 1.81 bits per heavy atom. The monoisotopic (exact) mass is 378 g/mol. The Morgan fingerprint density at radius 1 is 1.15 bits per heavy atom. The molecule has 3 rings (SSSR count). The third-order valence-electron chi connectivity index (χ3n) is 4.43. The van der Waals surface area contributed by atoms with Gasteiger partial charge in [0.2, 0.25) is 0 Å². The van der Waals surface area contributed by atoms with Gasteiger partial charge in [0, 0.05) is 18.3 Å². The molecule has 0 bridgehead atoms. The molecular weight excluding hydrogens is 357 g/mol. The summed E-state index contributed by atoms with van der Waals surface area (Å²) in [4.78, 5) is 14.3. The van der Waals surface area contributed by atoms with E-state index in [0.29, 0.717) is 12.1 Å². The average Bonchev–Trinajstić information content (AvgIpc) is 2.95. The number of carbonyl (C=O) groups is 1. The predicted molar refractivity (Wildman–Crippen MR) is 96.5 cm³/mol. The molecule has 27 heavy (non-hydrogen) atoms. The minimum Gasteiger partial charge on any atom is -0.367 e. The SMILES string of the molecule is CC1Cc2ccccc2N1C(=O)NCc1ccc(COCC(F)(F)F)cc1. The van der Waals surface area contributed by atoms with Crippen molar-refractivity contribution in [2.75, 3.05) is 11.5 Å². The number of rotatable bonds is 5. The highest BCUT2D eigenvalue weighted by atomic mass is 19.4. The van der Waals surface area contributed by atoms with E-state index in [9.17, 15) is 18.0 Å². The summed E-state index contributed by atoms with van der Waals surface area (Å²) in [7, 11) is 0. The predicted octanol–water partition coefficient (Wildman–Crippen LogP) is 4.43. The first kappa shape index (κ1) is 19.2. The lowest BCUT2D eigenvalue weighted by atomic mass is 10.1. The van der Waals surface area contributed by atoms with Crippen LogP contribution in [0.5, 0.6) is 0 Å². The number of carbonyl (C=O) groups excluding carboxylic acids is 1. The molecule has 0 aliphatic carbocycles. The molecule has 0 spiro atoms. The molecule has 1 heterocycles. The van der Waals surface area contributed by atoms with E-state index >= 15 is 0 Å². The molecule has 7 heteroatoms. The number of amides is 2. The van der Waals surface area contributed by atoms with Crippen LogP contribution in [0, 0.1) is 0 Å². The Balaban J connectivity index is 1.52. The fourth-order valence-electron chi connectivity index (χ4n) is 3.18. The molecule has 1 atom stereocenters. The first-order chi connectivity index (χ1) is 12.8. The van der Waals surface area contributed by atoms with Gasteiger partial charge in [-0.2, -0.15) is 13.2 Å². The number of hydrogen-bond acceptors (Lipinski definition) is 2. The Bertz CT molecular complexity index is 791. The van der Waals surface area contributed by atoms with E-state index in [1.807, 2.05) is 31.2 Å². The van der Waals surface area contributed by atoms with Gasteiger partial charge in [-0.3, -0.25) is 4.90 Å². The Hall–Kier alpha value is -2.54. The smallest absolute Gasteiger partial charge is 0.367 e. The summed E-state index contributed by atoms with van der Waals surface area (Å²) < 4.78 is 40.9. The first-order valence-corrected chi connectivity index (χ1v) is 8.71. The molecule has 2 amide bonds. The maximum absolute atomic E-state index is 12.6. The van der Waals surface area contributed by atoms with Gasteiger partial charge < -0.3 is 10.1 Å². The van der Waals surface area contributed by atoms with E-state index in [2.05, 4.69) is 10.1 Å². The van der Waals surface area contributed by atoms with Crippen LogP contribution in [0.25, 0.3) is 0 Å². The maximum atomic E-state index is 12.6. The van der Waals surface area contributed by atoms with Crippen molar-refractivity contribution in [1.82, 2.24) is 5.32 Å². The number of anilines is 1. The van der Waals surface area contributed by atoms with E-state index in [4.69, 9.17) is 0 Å². The molecule has 1 aliphatic heterocycles. The van der Waals surface area contributed by atoms with Gasteiger partial charge >= 0.3 is 12.2 Å². The summed E-state index contributed by atoms with van der Waals surface area (Å²) in [5.41, 5.74) is 3.60. The van der Waals surface area contributed by atoms with Crippen LogP contribution >= 0.6 is 0 Å². The number of benzene rings is 2. The van der Waals surface area contributed by atoms with Crippen LogP contribution in [-0.2, 0) is 24.3 Å². The van der Waals surface area contributed by atoms with E-state index in [1.165, 1.54) is 0 Å². The summed E-state index contributed by atoms with van der Waals surface area (Å²) >= 11 is 0. The molecule has 0 radical (unpaired) electrons. The van der Waals surface area contributed by atoms with E-state index in [0.717, 1.165) is 23.2 Å². The number of fused-ring (bicyclic) bond motifs is 1. The van der Waals surface area contributed by atoms with Crippen molar-refractivity contribution in [3.63, 3.8) is 0 Å². The Labute approximate surface area is 155 Å². The molecule has 4 nitrogen and oxygen atoms in total. The van der Waals surface area contributed by atoms with Gasteiger partial charge in [0.05, 0.1) is 6.61 Å². The molecule has 0 aromatic heterocycles. The van der Waals surface area contributed by atoms with Crippen molar-refractivity contribution in [2.45, 2.75) is 38.7 Å². The standard InChI is InChI=1S/C20H21F3N2O2/c1-14-10-17-4-2-3-5-18(17)25(14)19(26)24-11-15-6-8-16(9-7-15)12-27-13-20(21,22)23/h2-9,14H,10-13H2,1H3,(H,24,26). The molecule has 0 saturated carbocycles. The van der Waals surface area contributed by atoms with Crippen molar-refractivity contribution >= 4 is 11.7 Å². The molecule has 1 aliphatic rings. The molecule has 144 valence electrons. The second-order valence-electron chi connectivity index (χ2n) is 6.64. The highest BCUT2D eigenvalue weighted by Crippen LogP contribution is 2.31. The lowest BCUT2D eigenvalue weighted by Crippen LogP contribution is -2.42. The fourth-order valence-corrected chi connectivity index (χ4v) is 3.18. The van der Waals surface area contributed by atoms with Crippen molar-refractivity contribution < 1.29 is 22.7 Å². The number of nitrogens with one attached hydrogen (secondary N) is 1. The minimum absolute atomic E-state index is 0.0931. The molecular formula is C20H21F3N2O2. The Morgan fingerprint density at radius 3 is 2.52 bits per heavy atom. The number of ether oxygens (including phenoxy) is 1. The summed E-state index contributed by atoms with van der Waals surface area (Å²) in [5, 5.41) is 2.90. The quantitative estimate of drug-likeness (QED) is 0.837. The van der Waals surface area contributed by atoms with Crippen molar-refractivity contribution in [3.05, 3.63) is 65.2 Å². The summed E-state index contributed by atoms with van der Waals surface area (Å²) in [6, 6.07) is 14.7. The van der Waals surface area contributed by atoms with E-state index in [-0.39, 0.29) is 18.7 Å². The minimum atomic E-state index is -4.32. The van der Waals surface area contributed by atoms with Crippen LogP contribution < -0.4 is 10.2 Å². The second-order valence-corrected chi connectivity index (χ2v) is 6.64. The summed E-state index contributed by atoms with van der Waals surface area (Å²) in [6.07, 6.45) is -3.49. The zero-order valence-corrected chi connectivity index (χ0v) is 14.9. The largest absolute Gasteiger partial charge is 0.411 e. The molecule has 0 fully saturated rings. The third kappa shape index (κ3) is 5.01. The number of alkyl halides is 3. The zero-order valence-electron chi connectivity index (χ0n) is 14.9. The lowest BCUT2D eigenvalue weighted by molar-refractivity contribution is -0.176. The highest BCUT2D eigenvalue weighted by molar-refractivity contribution is 5.94.